The molecule has 0 spiro atoms. The zero-order valence-electron chi connectivity index (χ0n) is 15.6. The van der Waals surface area contributed by atoms with Gasteiger partial charge in [0, 0.05) is 22.0 Å². The first-order valence-electron chi connectivity index (χ1n) is 8.80. The molecule has 0 heterocycles. The summed E-state index contributed by atoms with van der Waals surface area (Å²) in [4.78, 5) is 24.4. The summed E-state index contributed by atoms with van der Waals surface area (Å²) in [5, 5.41) is 9.42. The van der Waals surface area contributed by atoms with Crippen LogP contribution in [0.4, 0.5) is 5.69 Å². The Morgan fingerprint density at radius 3 is 2.50 bits per heavy atom. The van der Waals surface area contributed by atoms with E-state index in [0.29, 0.717) is 22.0 Å². The molecular weight excluding hydrogens is 374 g/mol. The van der Waals surface area contributed by atoms with Crippen LogP contribution >= 0.6 is 11.6 Å². The number of anilines is 1. The van der Waals surface area contributed by atoms with Crippen LogP contribution in [-0.2, 0) is 4.79 Å². The molecule has 5 nitrogen and oxygen atoms in total. The van der Waals surface area contributed by atoms with Crippen LogP contribution in [0.2, 0.25) is 5.02 Å². The first kappa shape index (κ1) is 19.6. The predicted octanol–water partition coefficient (Wildman–Crippen LogP) is 4.94. The Labute approximate surface area is 168 Å². The summed E-state index contributed by atoms with van der Waals surface area (Å²) in [6.07, 6.45) is 0.0590. The van der Waals surface area contributed by atoms with Gasteiger partial charge < -0.3 is 5.32 Å². The Morgan fingerprint density at radius 1 is 1.00 bits per heavy atom. The van der Waals surface area contributed by atoms with Crippen molar-refractivity contribution in [1.29, 1.82) is 0 Å². The zero-order chi connectivity index (χ0) is 20.1. The van der Waals surface area contributed by atoms with Gasteiger partial charge in [0.1, 0.15) is 0 Å². The lowest BCUT2D eigenvalue weighted by molar-refractivity contribution is -0.115. The van der Waals surface area contributed by atoms with Crippen molar-refractivity contribution >= 4 is 45.6 Å². The number of fused-ring (bicyclic) bond motifs is 1. The minimum absolute atomic E-state index is 0.0590. The fourth-order valence-electron chi connectivity index (χ4n) is 2.69. The molecule has 0 aromatic heterocycles. The maximum Gasteiger partial charge on any atom is 0.271 e. The highest BCUT2D eigenvalue weighted by Gasteiger charge is 2.08. The first-order valence-corrected chi connectivity index (χ1v) is 9.18. The number of carbonyl (C=O) groups excluding carboxylic acids is 2. The second-order valence-corrected chi connectivity index (χ2v) is 6.95. The van der Waals surface area contributed by atoms with E-state index in [-0.39, 0.29) is 18.2 Å². The SMILES string of the molecule is C/C(CC(=O)Nc1ccc(C)c(Cl)c1)=N\NC(=O)c1ccc2ccccc2c1. The molecule has 0 bridgehead atoms. The Bertz CT molecular complexity index is 1080. The summed E-state index contributed by atoms with van der Waals surface area (Å²) < 4.78 is 0. The Kier molecular flexibility index (Phi) is 6.06. The predicted molar refractivity (Wildman–Crippen MR) is 114 cm³/mol. The van der Waals surface area contributed by atoms with Crippen LogP contribution in [0, 0.1) is 6.92 Å². The molecule has 3 aromatic rings. The van der Waals surface area contributed by atoms with E-state index >= 15 is 0 Å². The highest BCUT2D eigenvalue weighted by molar-refractivity contribution is 6.31. The van der Waals surface area contributed by atoms with Gasteiger partial charge in [0.25, 0.3) is 5.91 Å². The van der Waals surface area contributed by atoms with Crippen molar-refractivity contribution in [2.45, 2.75) is 20.3 Å². The molecule has 142 valence electrons. The van der Waals surface area contributed by atoms with Crippen molar-refractivity contribution in [3.8, 4) is 0 Å². The summed E-state index contributed by atoms with van der Waals surface area (Å²) in [7, 11) is 0. The highest BCUT2D eigenvalue weighted by atomic mass is 35.5. The number of aryl methyl sites for hydroxylation is 1. The topological polar surface area (TPSA) is 70.6 Å². The van der Waals surface area contributed by atoms with Crippen molar-refractivity contribution in [2.24, 2.45) is 5.10 Å². The van der Waals surface area contributed by atoms with E-state index in [0.717, 1.165) is 16.3 Å². The van der Waals surface area contributed by atoms with Gasteiger partial charge >= 0.3 is 0 Å². The molecule has 0 aliphatic rings. The quantitative estimate of drug-likeness (QED) is 0.476. The average Bonchev–Trinajstić information content (AvgIpc) is 2.68. The molecule has 2 amide bonds. The number of rotatable bonds is 5. The minimum atomic E-state index is -0.323. The lowest BCUT2D eigenvalue weighted by atomic mass is 10.1. The molecule has 6 heteroatoms. The maximum absolute atomic E-state index is 12.3. The van der Waals surface area contributed by atoms with Crippen molar-refractivity contribution in [1.82, 2.24) is 5.43 Å². The Balaban J connectivity index is 1.58. The Morgan fingerprint density at radius 2 is 1.75 bits per heavy atom. The normalized spacial score (nSPS) is 11.3. The molecule has 2 N–H and O–H groups in total. The summed E-state index contributed by atoms with van der Waals surface area (Å²) in [6, 6.07) is 18.6. The average molecular weight is 394 g/mol. The van der Waals surface area contributed by atoms with E-state index in [1.54, 1.807) is 25.1 Å². The fraction of sp³-hybridized carbons (Fsp3) is 0.136. The fourth-order valence-corrected chi connectivity index (χ4v) is 2.87. The number of hydrogen-bond acceptors (Lipinski definition) is 3. The molecule has 0 saturated carbocycles. The van der Waals surface area contributed by atoms with Crippen LogP contribution in [0.3, 0.4) is 0 Å². The molecular formula is C22H20ClN3O2. The number of halogens is 1. The number of benzene rings is 3. The molecule has 28 heavy (non-hydrogen) atoms. The third kappa shape index (κ3) is 4.96. The van der Waals surface area contributed by atoms with Crippen molar-refractivity contribution in [2.75, 3.05) is 5.32 Å². The monoisotopic (exact) mass is 393 g/mol. The van der Waals surface area contributed by atoms with Gasteiger partial charge in [0.15, 0.2) is 0 Å². The van der Waals surface area contributed by atoms with E-state index in [2.05, 4.69) is 15.8 Å². The standard InChI is InChI=1S/C22H20ClN3O2/c1-14-7-10-19(13-20(14)23)24-21(27)11-15(2)25-26-22(28)18-9-8-16-5-3-4-6-17(16)12-18/h3-10,12-13H,11H2,1-2H3,(H,24,27)(H,26,28)/b25-15+. The lowest BCUT2D eigenvalue weighted by Crippen LogP contribution is -2.21. The minimum Gasteiger partial charge on any atom is -0.326 e. The van der Waals surface area contributed by atoms with Gasteiger partial charge in [0.2, 0.25) is 5.91 Å². The van der Waals surface area contributed by atoms with Crippen molar-refractivity contribution in [3.63, 3.8) is 0 Å². The van der Waals surface area contributed by atoms with E-state index in [1.807, 2.05) is 49.4 Å². The van der Waals surface area contributed by atoms with Gasteiger partial charge in [-0.2, -0.15) is 5.10 Å². The summed E-state index contributed by atoms with van der Waals surface area (Å²) >= 11 is 6.06. The molecule has 3 rings (SSSR count). The van der Waals surface area contributed by atoms with Gasteiger partial charge in [-0.05, 0) is 54.4 Å². The molecule has 0 aliphatic carbocycles. The van der Waals surface area contributed by atoms with E-state index in [1.165, 1.54) is 0 Å². The van der Waals surface area contributed by atoms with Gasteiger partial charge in [-0.25, -0.2) is 5.43 Å². The lowest BCUT2D eigenvalue weighted by Gasteiger charge is -2.07. The number of amides is 2. The number of nitrogens with one attached hydrogen (secondary N) is 2. The number of hydrazone groups is 1. The Hall–Kier alpha value is -3.18. The summed E-state index contributed by atoms with van der Waals surface area (Å²) in [5.74, 6) is -0.558. The van der Waals surface area contributed by atoms with Gasteiger partial charge in [0.05, 0.1) is 6.42 Å². The summed E-state index contributed by atoms with van der Waals surface area (Å²) in [6.45, 7) is 3.57. The third-order valence-electron chi connectivity index (χ3n) is 4.23. The molecule has 0 aliphatic heterocycles. The molecule has 3 aromatic carbocycles. The van der Waals surface area contributed by atoms with E-state index in [4.69, 9.17) is 11.6 Å². The van der Waals surface area contributed by atoms with Crippen LogP contribution in [0.5, 0.6) is 0 Å². The second-order valence-electron chi connectivity index (χ2n) is 6.54. The van der Waals surface area contributed by atoms with Crippen LogP contribution < -0.4 is 10.7 Å². The van der Waals surface area contributed by atoms with Crippen LogP contribution in [-0.4, -0.2) is 17.5 Å². The number of nitrogens with zero attached hydrogens (tertiary/aromatic N) is 1. The zero-order valence-corrected chi connectivity index (χ0v) is 16.4. The molecule has 0 unspecified atom stereocenters. The van der Waals surface area contributed by atoms with Gasteiger partial charge in [-0.15, -0.1) is 0 Å². The second kappa shape index (κ2) is 8.67. The van der Waals surface area contributed by atoms with Crippen LogP contribution in [0.15, 0.2) is 65.8 Å². The number of hydrogen-bond donors (Lipinski definition) is 2. The van der Waals surface area contributed by atoms with Crippen molar-refractivity contribution < 1.29 is 9.59 Å². The van der Waals surface area contributed by atoms with Gasteiger partial charge in [-0.1, -0.05) is 48.0 Å². The molecule has 0 atom stereocenters. The van der Waals surface area contributed by atoms with E-state index < -0.39 is 0 Å². The first-order chi connectivity index (χ1) is 13.4. The number of carbonyl (C=O) groups is 2. The highest BCUT2D eigenvalue weighted by Crippen LogP contribution is 2.20. The van der Waals surface area contributed by atoms with Crippen molar-refractivity contribution in [3.05, 3.63) is 76.8 Å². The molecule has 0 fully saturated rings. The van der Waals surface area contributed by atoms with E-state index in [9.17, 15) is 9.59 Å². The summed E-state index contributed by atoms with van der Waals surface area (Å²) in [5.41, 5.74) is 5.05. The largest absolute Gasteiger partial charge is 0.326 e. The molecule has 0 radical (unpaired) electrons. The van der Waals surface area contributed by atoms with Crippen LogP contribution in [0.1, 0.15) is 29.3 Å². The van der Waals surface area contributed by atoms with Gasteiger partial charge in [-0.3, -0.25) is 9.59 Å². The smallest absolute Gasteiger partial charge is 0.271 e. The van der Waals surface area contributed by atoms with Crippen LogP contribution in [0.25, 0.3) is 10.8 Å². The molecule has 0 saturated heterocycles. The maximum atomic E-state index is 12.3. The third-order valence-corrected chi connectivity index (χ3v) is 4.64.